The van der Waals surface area contributed by atoms with Crippen LogP contribution in [0.25, 0.3) is 0 Å². The zero-order valence-corrected chi connectivity index (χ0v) is 48.1. The molecule has 6 aliphatic rings. The van der Waals surface area contributed by atoms with Gasteiger partial charge in [-0.1, -0.05) is 115 Å². The monoisotopic (exact) mass is 1070 g/mol. The predicted molar refractivity (Wildman–Crippen MR) is 311 cm³/mol. The fraction of sp³-hybridized carbons (Fsp3) is 0.629. The van der Waals surface area contributed by atoms with Crippen LogP contribution in [0.5, 0.6) is 23.0 Å². The van der Waals surface area contributed by atoms with Crippen molar-refractivity contribution in [3.63, 3.8) is 0 Å². The molecule has 78 heavy (non-hydrogen) atoms. The van der Waals surface area contributed by atoms with Gasteiger partial charge in [-0.05, 0) is 223 Å². The molecule has 6 fully saturated rings. The summed E-state index contributed by atoms with van der Waals surface area (Å²) in [6.07, 6.45) is 22.1. The van der Waals surface area contributed by atoms with Crippen molar-refractivity contribution in [2.45, 2.75) is 231 Å². The van der Waals surface area contributed by atoms with Gasteiger partial charge < -0.3 is 18.9 Å². The molecule has 0 heterocycles. The van der Waals surface area contributed by atoms with Crippen molar-refractivity contribution < 1.29 is 37.3 Å². The van der Waals surface area contributed by atoms with E-state index in [0.717, 1.165) is 139 Å². The van der Waals surface area contributed by atoms with Crippen molar-refractivity contribution >= 4 is 11.6 Å². The van der Waals surface area contributed by atoms with Gasteiger partial charge in [0.15, 0.2) is 11.6 Å². The average molecular weight is 1070 g/mol. The second-order valence-electron chi connectivity index (χ2n) is 24.9. The molecule has 0 N–H and O–H groups in total. The molecule has 424 valence electrons. The van der Waals surface area contributed by atoms with Crippen LogP contribution in [0.2, 0.25) is 0 Å². The van der Waals surface area contributed by atoms with Crippen molar-refractivity contribution in [2.24, 2.45) is 21.7 Å². The maximum absolute atomic E-state index is 16.1. The van der Waals surface area contributed by atoms with Crippen molar-refractivity contribution in [2.75, 3.05) is 26.4 Å². The molecule has 6 nitrogen and oxygen atoms in total. The number of alkyl halides is 2. The molecule has 0 atom stereocenters. The number of ketones is 2. The van der Waals surface area contributed by atoms with Crippen molar-refractivity contribution in [1.82, 2.24) is 0 Å². The third-order valence-corrected chi connectivity index (χ3v) is 20.2. The standard InChI is InChI=1S/C36H49FO3.C34H45FO3/c1-3-5-7-25-39-31-13-9-27(10-14-31)29-17-21-35(22-18-29)33(37)36(34(35)38)23-19-30(20-24-36)28-11-15-32(16-12-28)40-26-8-6-4-2;1-3-5-23-37-29-11-7-25(8-12-29)27-15-19-33(20-16-27)31(35)34(32(33)36)21-17-28(18-22-34)26-9-13-30(14-10-26)38-24-6-4-2/h9-16,29-30,33H,3-8,17-26H2,1-2H3;7-14,27-28,31H,3-6,15-24H2,1-2H3. The number of carbonyl (C=O) groups excluding carboxylic acids is 2. The number of carbonyl (C=O) groups is 2. The van der Waals surface area contributed by atoms with E-state index in [9.17, 15) is 9.59 Å². The third-order valence-electron chi connectivity index (χ3n) is 20.2. The molecule has 0 aromatic heterocycles. The molecule has 0 aliphatic heterocycles. The van der Waals surface area contributed by atoms with Gasteiger partial charge in [0.25, 0.3) is 0 Å². The zero-order chi connectivity index (χ0) is 54.6. The predicted octanol–water partition coefficient (Wildman–Crippen LogP) is 18.7. The number of ether oxygens (including phenoxy) is 4. The van der Waals surface area contributed by atoms with Gasteiger partial charge in [0.1, 0.15) is 35.3 Å². The second-order valence-corrected chi connectivity index (χ2v) is 24.9. The summed E-state index contributed by atoms with van der Waals surface area (Å²) in [5.41, 5.74) is 2.30. The van der Waals surface area contributed by atoms with Crippen LogP contribution >= 0.6 is 0 Å². The SMILES string of the molecule is CCCCCOc1ccc(C2CCC3(CC2)C(=O)C2(CCC(c4ccc(OCCCCC)cc4)CC2)C3F)cc1.CCCCOc1ccc(C2CCC3(CC2)C(=O)C2(CCC(c4ccc(OCCCC)cc4)CC2)C3F)cc1. The van der Waals surface area contributed by atoms with E-state index in [2.05, 4.69) is 125 Å². The molecule has 4 spiro atoms. The van der Waals surface area contributed by atoms with Gasteiger partial charge >= 0.3 is 0 Å². The summed E-state index contributed by atoms with van der Waals surface area (Å²) >= 11 is 0. The van der Waals surface area contributed by atoms with E-state index < -0.39 is 34.0 Å². The molecular weight excluding hydrogens is 975 g/mol. The number of hydrogen-bond donors (Lipinski definition) is 0. The normalized spacial score (nSPS) is 30.3. The summed E-state index contributed by atoms with van der Waals surface area (Å²) in [5.74, 6) is 5.81. The Morgan fingerprint density at radius 1 is 0.333 bits per heavy atom. The number of benzene rings is 4. The lowest BCUT2D eigenvalue weighted by Crippen LogP contribution is -2.69. The van der Waals surface area contributed by atoms with Gasteiger partial charge in [-0.15, -0.1) is 0 Å². The van der Waals surface area contributed by atoms with Crippen molar-refractivity contribution in [3.8, 4) is 23.0 Å². The van der Waals surface area contributed by atoms with E-state index in [0.29, 0.717) is 75.0 Å². The molecule has 4 aromatic carbocycles. The van der Waals surface area contributed by atoms with Crippen LogP contribution in [0.1, 0.15) is 241 Å². The fourth-order valence-electron chi connectivity index (χ4n) is 15.2. The Morgan fingerprint density at radius 3 is 0.731 bits per heavy atom. The van der Waals surface area contributed by atoms with Crippen LogP contribution in [0, 0.1) is 21.7 Å². The summed E-state index contributed by atoms with van der Waals surface area (Å²) in [5, 5.41) is 0. The highest BCUT2D eigenvalue weighted by Gasteiger charge is 2.73. The smallest absolute Gasteiger partial charge is 0.151 e. The molecule has 10 rings (SSSR count). The fourth-order valence-corrected chi connectivity index (χ4v) is 15.2. The Balaban J connectivity index is 0.000000190. The highest BCUT2D eigenvalue weighted by molar-refractivity contribution is 5.99. The van der Waals surface area contributed by atoms with Gasteiger partial charge in [0, 0.05) is 0 Å². The van der Waals surface area contributed by atoms with Crippen LogP contribution in [0.3, 0.4) is 0 Å². The molecule has 0 amide bonds. The number of Topliss-reactive ketones (excluding diaryl/α,β-unsaturated/α-hetero) is 2. The van der Waals surface area contributed by atoms with Gasteiger partial charge in [-0.3, -0.25) is 9.59 Å². The first kappa shape index (κ1) is 58.0. The minimum Gasteiger partial charge on any atom is -0.494 e. The van der Waals surface area contributed by atoms with Crippen molar-refractivity contribution in [1.29, 1.82) is 0 Å². The largest absolute Gasteiger partial charge is 0.494 e. The quantitative estimate of drug-likeness (QED) is 0.0731. The van der Waals surface area contributed by atoms with E-state index in [1.807, 2.05) is 0 Å². The average Bonchev–Trinajstić information content (AvgIpc) is 3.62. The molecule has 4 aromatic rings. The third kappa shape index (κ3) is 12.3. The lowest BCUT2D eigenvalue weighted by molar-refractivity contribution is -0.191. The molecule has 0 bridgehead atoms. The summed E-state index contributed by atoms with van der Waals surface area (Å²) in [4.78, 5) is 27.4. The molecule has 0 radical (unpaired) electrons. The minimum atomic E-state index is -0.979. The highest BCUT2D eigenvalue weighted by Crippen LogP contribution is 2.68. The Labute approximate surface area is 467 Å². The summed E-state index contributed by atoms with van der Waals surface area (Å²) < 4.78 is 55.5. The lowest BCUT2D eigenvalue weighted by atomic mass is 9.41. The number of hydrogen-bond acceptors (Lipinski definition) is 6. The van der Waals surface area contributed by atoms with E-state index in [-0.39, 0.29) is 11.6 Å². The Kier molecular flexibility index (Phi) is 19.8. The zero-order valence-electron chi connectivity index (χ0n) is 48.1. The molecule has 8 heteroatoms. The van der Waals surface area contributed by atoms with Crippen LogP contribution in [-0.2, 0) is 9.59 Å². The van der Waals surface area contributed by atoms with E-state index in [1.54, 1.807) is 0 Å². The molecule has 0 unspecified atom stereocenters. The molecule has 0 saturated heterocycles. The first-order chi connectivity index (χ1) is 38.0. The summed E-state index contributed by atoms with van der Waals surface area (Å²) in [6, 6.07) is 33.8. The first-order valence-corrected chi connectivity index (χ1v) is 31.3. The second kappa shape index (κ2) is 26.7. The lowest BCUT2D eigenvalue weighted by Gasteiger charge is -2.61. The summed E-state index contributed by atoms with van der Waals surface area (Å²) in [6.45, 7) is 11.8. The van der Waals surface area contributed by atoms with Gasteiger partial charge in [-0.2, -0.15) is 0 Å². The Bertz CT molecular complexity index is 2300. The van der Waals surface area contributed by atoms with Crippen molar-refractivity contribution in [3.05, 3.63) is 119 Å². The Hall–Kier alpha value is -4.72. The number of halogens is 2. The minimum absolute atomic E-state index is 0.244. The van der Waals surface area contributed by atoms with Crippen LogP contribution in [0.4, 0.5) is 8.78 Å². The maximum Gasteiger partial charge on any atom is 0.151 e. The van der Waals surface area contributed by atoms with Gasteiger partial charge in [0.2, 0.25) is 0 Å². The molecule has 6 saturated carbocycles. The molecule has 6 aliphatic carbocycles. The Morgan fingerprint density at radius 2 is 0.538 bits per heavy atom. The first-order valence-electron chi connectivity index (χ1n) is 31.3. The van der Waals surface area contributed by atoms with E-state index >= 15 is 8.78 Å². The van der Waals surface area contributed by atoms with Crippen LogP contribution in [0.15, 0.2) is 97.1 Å². The van der Waals surface area contributed by atoms with E-state index in [1.165, 1.54) is 47.9 Å². The highest BCUT2D eigenvalue weighted by atomic mass is 19.1. The van der Waals surface area contributed by atoms with E-state index in [4.69, 9.17) is 18.9 Å². The van der Waals surface area contributed by atoms with Gasteiger partial charge in [-0.25, -0.2) is 8.78 Å². The topological polar surface area (TPSA) is 71.1 Å². The van der Waals surface area contributed by atoms with Crippen LogP contribution in [-0.4, -0.2) is 50.3 Å². The van der Waals surface area contributed by atoms with Crippen LogP contribution < -0.4 is 18.9 Å². The maximum atomic E-state index is 16.1. The van der Waals surface area contributed by atoms with Gasteiger partial charge in [0.05, 0.1) is 48.1 Å². The number of rotatable bonds is 22. The summed E-state index contributed by atoms with van der Waals surface area (Å²) in [7, 11) is 0. The number of unbranched alkanes of at least 4 members (excludes halogenated alkanes) is 6. The molecular formula is C70H94F2O6.